The summed E-state index contributed by atoms with van der Waals surface area (Å²) in [5, 5.41) is 9.31. The van der Waals surface area contributed by atoms with E-state index in [1.807, 2.05) is 25.1 Å². The van der Waals surface area contributed by atoms with Gasteiger partial charge in [0.25, 0.3) is 0 Å². The Kier molecular flexibility index (Phi) is 2.90. The molecular weight excluding hydrogens is 164 g/mol. The van der Waals surface area contributed by atoms with Crippen LogP contribution < -0.4 is 11.5 Å². The standard InChI is InChI=1S/C10H16N2O/c1-6-3-4-9(11)8(5-6)10(12)7(2)13/h3-5,7,10,13H,11-12H2,1-2H3/t7-,10-/m0/s1. The highest BCUT2D eigenvalue weighted by Gasteiger charge is 2.14. The van der Waals surface area contributed by atoms with Crippen molar-refractivity contribution >= 4 is 5.69 Å². The minimum absolute atomic E-state index is 0.403. The normalized spacial score (nSPS) is 15.4. The molecule has 0 amide bonds. The number of nitrogen functional groups attached to an aromatic ring is 1. The molecule has 3 heteroatoms. The van der Waals surface area contributed by atoms with Crippen molar-refractivity contribution in [1.82, 2.24) is 0 Å². The van der Waals surface area contributed by atoms with Gasteiger partial charge in [0, 0.05) is 5.69 Å². The van der Waals surface area contributed by atoms with Crippen LogP contribution >= 0.6 is 0 Å². The molecule has 0 heterocycles. The van der Waals surface area contributed by atoms with Crippen LogP contribution in [0.5, 0.6) is 0 Å². The number of hydrogen-bond acceptors (Lipinski definition) is 3. The summed E-state index contributed by atoms with van der Waals surface area (Å²) in [5.74, 6) is 0. The topological polar surface area (TPSA) is 72.3 Å². The third-order valence-electron chi connectivity index (χ3n) is 2.12. The molecule has 0 saturated heterocycles. The Hall–Kier alpha value is -1.06. The third-order valence-corrected chi connectivity index (χ3v) is 2.12. The van der Waals surface area contributed by atoms with Gasteiger partial charge < -0.3 is 16.6 Å². The number of benzene rings is 1. The Morgan fingerprint density at radius 1 is 1.38 bits per heavy atom. The van der Waals surface area contributed by atoms with Gasteiger partial charge in [0.05, 0.1) is 12.1 Å². The van der Waals surface area contributed by atoms with Crippen LogP contribution in [0.2, 0.25) is 0 Å². The molecule has 2 atom stereocenters. The molecule has 0 unspecified atom stereocenters. The Balaban J connectivity index is 3.05. The van der Waals surface area contributed by atoms with E-state index in [2.05, 4.69) is 0 Å². The van der Waals surface area contributed by atoms with E-state index in [1.54, 1.807) is 6.92 Å². The van der Waals surface area contributed by atoms with Crippen LogP contribution in [0.15, 0.2) is 18.2 Å². The number of aryl methyl sites for hydroxylation is 1. The van der Waals surface area contributed by atoms with E-state index >= 15 is 0 Å². The average molecular weight is 180 g/mol. The van der Waals surface area contributed by atoms with Crippen molar-refractivity contribution in [3.05, 3.63) is 29.3 Å². The van der Waals surface area contributed by atoms with Gasteiger partial charge in [0.2, 0.25) is 0 Å². The van der Waals surface area contributed by atoms with Gasteiger partial charge in [-0.15, -0.1) is 0 Å². The van der Waals surface area contributed by atoms with Crippen LogP contribution in [0.3, 0.4) is 0 Å². The van der Waals surface area contributed by atoms with Crippen LogP contribution in [0.1, 0.15) is 24.1 Å². The number of hydrogen-bond donors (Lipinski definition) is 3. The maximum atomic E-state index is 9.31. The second-order valence-electron chi connectivity index (χ2n) is 3.40. The lowest BCUT2D eigenvalue weighted by atomic mass is 9.99. The van der Waals surface area contributed by atoms with Crippen LogP contribution in [0.4, 0.5) is 5.69 Å². The molecule has 1 aromatic rings. The van der Waals surface area contributed by atoms with Crippen molar-refractivity contribution in [3.63, 3.8) is 0 Å². The van der Waals surface area contributed by atoms with E-state index in [0.29, 0.717) is 5.69 Å². The van der Waals surface area contributed by atoms with E-state index in [-0.39, 0.29) is 0 Å². The minimum atomic E-state index is -0.580. The van der Waals surface area contributed by atoms with Gasteiger partial charge in [-0.25, -0.2) is 0 Å². The maximum Gasteiger partial charge on any atom is 0.0705 e. The summed E-state index contributed by atoms with van der Waals surface area (Å²) in [5.41, 5.74) is 14.1. The first-order valence-electron chi connectivity index (χ1n) is 4.32. The highest BCUT2D eigenvalue weighted by atomic mass is 16.3. The predicted molar refractivity (Wildman–Crippen MR) is 54.2 cm³/mol. The first kappa shape index (κ1) is 10.0. The lowest BCUT2D eigenvalue weighted by Gasteiger charge is -2.17. The largest absolute Gasteiger partial charge is 0.398 e. The molecule has 13 heavy (non-hydrogen) atoms. The molecule has 3 nitrogen and oxygen atoms in total. The van der Waals surface area contributed by atoms with Crippen molar-refractivity contribution in [2.45, 2.75) is 26.0 Å². The summed E-state index contributed by atoms with van der Waals surface area (Å²) in [7, 11) is 0. The Morgan fingerprint density at radius 3 is 2.54 bits per heavy atom. The van der Waals surface area contributed by atoms with Gasteiger partial charge in [-0.2, -0.15) is 0 Å². The predicted octanol–water partition coefficient (Wildman–Crippen LogP) is 0.958. The third kappa shape index (κ3) is 2.20. The molecular formula is C10H16N2O. The van der Waals surface area contributed by atoms with Crippen LogP contribution in [0.25, 0.3) is 0 Å². The summed E-state index contributed by atoms with van der Waals surface area (Å²) in [6.45, 7) is 3.63. The first-order valence-corrected chi connectivity index (χ1v) is 4.32. The molecule has 1 aromatic carbocycles. The molecule has 0 spiro atoms. The summed E-state index contributed by atoms with van der Waals surface area (Å²) in [6.07, 6.45) is -0.580. The zero-order valence-electron chi connectivity index (χ0n) is 7.99. The molecule has 5 N–H and O–H groups in total. The molecule has 0 saturated carbocycles. The van der Waals surface area contributed by atoms with E-state index in [4.69, 9.17) is 11.5 Å². The minimum Gasteiger partial charge on any atom is -0.398 e. The van der Waals surface area contributed by atoms with Crippen molar-refractivity contribution in [2.24, 2.45) is 5.73 Å². The van der Waals surface area contributed by atoms with Gasteiger partial charge in [-0.1, -0.05) is 17.7 Å². The molecule has 0 bridgehead atoms. The van der Waals surface area contributed by atoms with Crippen molar-refractivity contribution in [3.8, 4) is 0 Å². The fourth-order valence-corrected chi connectivity index (χ4v) is 1.24. The average Bonchev–Trinajstić information content (AvgIpc) is 2.08. The maximum absolute atomic E-state index is 9.31. The Morgan fingerprint density at radius 2 is 2.00 bits per heavy atom. The monoisotopic (exact) mass is 180 g/mol. The van der Waals surface area contributed by atoms with Crippen LogP contribution in [-0.4, -0.2) is 11.2 Å². The van der Waals surface area contributed by atoms with Crippen molar-refractivity contribution in [1.29, 1.82) is 0 Å². The van der Waals surface area contributed by atoms with E-state index in [9.17, 15) is 5.11 Å². The quantitative estimate of drug-likeness (QED) is 0.593. The lowest BCUT2D eigenvalue weighted by molar-refractivity contribution is 0.164. The second-order valence-corrected chi connectivity index (χ2v) is 3.40. The van der Waals surface area contributed by atoms with Crippen LogP contribution in [0, 0.1) is 6.92 Å². The smallest absolute Gasteiger partial charge is 0.0705 e. The molecule has 0 radical (unpaired) electrons. The second kappa shape index (κ2) is 3.77. The molecule has 72 valence electrons. The first-order chi connectivity index (χ1) is 6.02. The number of aliphatic hydroxyl groups excluding tert-OH is 1. The zero-order chi connectivity index (χ0) is 10.0. The van der Waals surface area contributed by atoms with Gasteiger partial charge in [0.1, 0.15) is 0 Å². The van der Waals surface area contributed by atoms with E-state index in [1.165, 1.54) is 0 Å². The molecule has 0 fully saturated rings. The molecule has 0 aromatic heterocycles. The highest BCUT2D eigenvalue weighted by Crippen LogP contribution is 2.22. The van der Waals surface area contributed by atoms with Crippen molar-refractivity contribution < 1.29 is 5.11 Å². The number of nitrogens with two attached hydrogens (primary N) is 2. The number of rotatable bonds is 2. The van der Waals surface area contributed by atoms with Crippen molar-refractivity contribution in [2.75, 3.05) is 5.73 Å². The molecule has 1 rings (SSSR count). The summed E-state index contributed by atoms with van der Waals surface area (Å²) in [6, 6.07) is 5.24. The fourth-order valence-electron chi connectivity index (χ4n) is 1.24. The van der Waals surface area contributed by atoms with Crippen LogP contribution in [-0.2, 0) is 0 Å². The zero-order valence-corrected chi connectivity index (χ0v) is 7.99. The molecule has 0 aliphatic carbocycles. The lowest BCUT2D eigenvalue weighted by Crippen LogP contribution is -2.24. The van der Waals surface area contributed by atoms with E-state index in [0.717, 1.165) is 11.1 Å². The fraction of sp³-hybridized carbons (Fsp3) is 0.400. The number of aliphatic hydroxyl groups is 1. The SMILES string of the molecule is Cc1ccc(N)c([C@@H](N)[C@H](C)O)c1. The number of anilines is 1. The highest BCUT2D eigenvalue weighted by molar-refractivity contribution is 5.50. The molecule has 0 aliphatic rings. The molecule has 0 aliphatic heterocycles. The summed E-state index contributed by atoms with van der Waals surface area (Å²) >= 11 is 0. The Labute approximate surface area is 78.4 Å². The van der Waals surface area contributed by atoms with Gasteiger partial charge in [0.15, 0.2) is 0 Å². The Bertz CT molecular complexity index is 297. The van der Waals surface area contributed by atoms with E-state index < -0.39 is 12.1 Å². The van der Waals surface area contributed by atoms with Gasteiger partial charge in [-0.3, -0.25) is 0 Å². The van der Waals surface area contributed by atoms with Gasteiger partial charge >= 0.3 is 0 Å². The summed E-state index contributed by atoms with van der Waals surface area (Å²) in [4.78, 5) is 0. The summed E-state index contributed by atoms with van der Waals surface area (Å²) < 4.78 is 0. The van der Waals surface area contributed by atoms with Gasteiger partial charge in [-0.05, 0) is 25.5 Å².